The maximum absolute atomic E-state index is 4.06. The fourth-order valence-electron chi connectivity index (χ4n) is 0.880. The quantitative estimate of drug-likeness (QED) is 0.573. The number of nitrogens with zero attached hydrogens (tertiary/aromatic N) is 1. The average Bonchev–Trinajstić information content (AvgIpc) is 2.33. The summed E-state index contributed by atoms with van der Waals surface area (Å²) < 4.78 is 0. The number of nitrogens with one attached hydrogen (secondary N) is 1. The van der Waals surface area contributed by atoms with Gasteiger partial charge in [-0.25, -0.2) is 4.98 Å². The summed E-state index contributed by atoms with van der Waals surface area (Å²) in [5.74, 6) is 0. The molecule has 2 aromatic rings. The molecule has 0 bridgehead atoms. The van der Waals surface area contributed by atoms with Crippen molar-refractivity contribution in [3.63, 3.8) is 0 Å². The molecule has 0 unspecified atom stereocenters. The van der Waals surface area contributed by atoms with Gasteiger partial charge < -0.3 is 4.98 Å². The van der Waals surface area contributed by atoms with Crippen LogP contribution in [0.5, 0.6) is 0 Å². The largest absolute Gasteiger partial charge is 0.345 e. The van der Waals surface area contributed by atoms with Crippen molar-refractivity contribution in [2.45, 2.75) is 0 Å². The molecule has 1 heterocycles. The smallest absolute Gasteiger partial charge is 0.0931 e. The summed E-state index contributed by atoms with van der Waals surface area (Å²) in [5, 5.41) is 0. The van der Waals surface area contributed by atoms with Crippen molar-refractivity contribution in [1.29, 1.82) is 0 Å². The maximum Gasteiger partial charge on any atom is 0.0931 e. The van der Waals surface area contributed by atoms with Gasteiger partial charge in [0, 0.05) is 37.7 Å². The molecule has 3 heteroatoms. The van der Waals surface area contributed by atoms with Gasteiger partial charge in [-0.15, -0.1) is 0 Å². The zero-order chi connectivity index (χ0) is 6.10. The van der Waals surface area contributed by atoms with Crippen molar-refractivity contribution < 1.29 is 0 Å². The van der Waals surface area contributed by atoms with Gasteiger partial charge in [-0.05, 0) is 12.1 Å². The van der Waals surface area contributed by atoms with Crippen molar-refractivity contribution in [1.82, 2.24) is 9.97 Å². The number of para-hydroxylation sites is 2. The Bertz CT molecular complexity index is 286. The number of rotatable bonds is 0. The minimum absolute atomic E-state index is 0. The van der Waals surface area contributed by atoms with Gasteiger partial charge in [0.15, 0.2) is 0 Å². The number of hydrogen-bond donors (Lipinski definition) is 1. The minimum Gasteiger partial charge on any atom is -0.345 e. The Labute approximate surface area is 88.7 Å². The van der Waals surface area contributed by atoms with Crippen molar-refractivity contribution >= 4 is 48.8 Å². The van der Waals surface area contributed by atoms with Crippen LogP contribution in [0.3, 0.4) is 0 Å². The summed E-state index contributed by atoms with van der Waals surface area (Å²) in [7, 11) is 0. The van der Waals surface area contributed by atoms with Crippen LogP contribution in [-0.2, 0) is 0 Å². The van der Waals surface area contributed by atoms with E-state index in [9.17, 15) is 0 Å². The third-order valence-electron chi connectivity index (χ3n) is 1.33. The van der Waals surface area contributed by atoms with Crippen LogP contribution in [0.4, 0.5) is 0 Å². The van der Waals surface area contributed by atoms with Crippen molar-refractivity contribution in [3.8, 4) is 0 Å². The van der Waals surface area contributed by atoms with Gasteiger partial charge in [0.2, 0.25) is 0 Å². The fraction of sp³-hybridized carbons (Fsp3) is 0. The van der Waals surface area contributed by atoms with E-state index in [0.717, 1.165) is 11.0 Å². The monoisotopic (exact) mass is 158 g/mol. The molecule has 0 aliphatic carbocycles. The predicted molar refractivity (Wildman–Crippen MR) is 41.8 cm³/mol. The number of aromatic amines is 1. The minimum atomic E-state index is 0. The van der Waals surface area contributed by atoms with Crippen LogP contribution in [0.15, 0.2) is 30.6 Å². The number of aromatic nitrogens is 2. The predicted octanol–water partition coefficient (Wildman–Crippen LogP) is 1.18. The molecule has 0 aliphatic rings. The Morgan fingerprint density at radius 1 is 1.20 bits per heavy atom. The number of hydrogen-bond acceptors (Lipinski definition) is 1. The summed E-state index contributed by atoms with van der Waals surface area (Å²) in [6, 6.07) is 7.94. The molecule has 0 saturated carbocycles. The van der Waals surface area contributed by atoms with Gasteiger partial charge in [0.1, 0.15) is 0 Å². The standard InChI is InChI=1S/C7H6N2.Ca/c1-2-4-7-6(3-1)8-5-9-7;/h1-5H,(H,8,9);. The second kappa shape index (κ2) is 3.37. The van der Waals surface area contributed by atoms with Gasteiger partial charge in [0.05, 0.1) is 17.4 Å². The summed E-state index contributed by atoms with van der Waals surface area (Å²) in [6.45, 7) is 0. The molecule has 0 aliphatic heterocycles. The summed E-state index contributed by atoms with van der Waals surface area (Å²) >= 11 is 0. The molecule has 2 rings (SSSR count). The molecular weight excluding hydrogens is 152 g/mol. The molecule has 0 fully saturated rings. The fourth-order valence-corrected chi connectivity index (χ4v) is 0.880. The molecule has 0 spiro atoms. The van der Waals surface area contributed by atoms with Crippen LogP contribution in [-0.4, -0.2) is 47.7 Å². The molecule has 0 saturated heterocycles. The van der Waals surface area contributed by atoms with Crippen LogP contribution < -0.4 is 0 Å². The van der Waals surface area contributed by atoms with Crippen LogP contribution in [0.25, 0.3) is 11.0 Å². The van der Waals surface area contributed by atoms with Crippen LogP contribution >= 0.6 is 0 Å². The molecule has 10 heavy (non-hydrogen) atoms. The zero-order valence-corrected chi connectivity index (χ0v) is 7.75. The second-order valence-corrected chi connectivity index (χ2v) is 1.92. The van der Waals surface area contributed by atoms with E-state index in [1.54, 1.807) is 6.33 Å². The van der Waals surface area contributed by atoms with E-state index in [-0.39, 0.29) is 37.7 Å². The molecule has 1 N–H and O–H groups in total. The van der Waals surface area contributed by atoms with Gasteiger partial charge in [-0.3, -0.25) is 0 Å². The summed E-state index contributed by atoms with van der Waals surface area (Å²) in [4.78, 5) is 7.07. The number of fused-ring (bicyclic) bond motifs is 1. The molecule has 1 aromatic carbocycles. The SMILES string of the molecule is [Ca].c1ccc2[nH]cnc2c1. The third-order valence-corrected chi connectivity index (χ3v) is 1.33. The van der Waals surface area contributed by atoms with E-state index >= 15 is 0 Å². The Kier molecular flexibility index (Phi) is 2.72. The van der Waals surface area contributed by atoms with Gasteiger partial charge in [0.25, 0.3) is 0 Å². The first-order chi connectivity index (χ1) is 4.47. The van der Waals surface area contributed by atoms with Gasteiger partial charge in [-0.1, -0.05) is 12.1 Å². The van der Waals surface area contributed by atoms with Crippen molar-refractivity contribution in [2.75, 3.05) is 0 Å². The van der Waals surface area contributed by atoms with Crippen molar-refractivity contribution in [2.24, 2.45) is 0 Å². The first-order valence-electron chi connectivity index (χ1n) is 2.85. The van der Waals surface area contributed by atoms with Crippen LogP contribution in [0, 0.1) is 0 Å². The molecule has 46 valence electrons. The summed E-state index contributed by atoms with van der Waals surface area (Å²) in [5.41, 5.74) is 2.12. The van der Waals surface area contributed by atoms with E-state index in [0.29, 0.717) is 0 Å². The van der Waals surface area contributed by atoms with Gasteiger partial charge >= 0.3 is 0 Å². The average molecular weight is 158 g/mol. The summed E-state index contributed by atoms with van der Waals surface area (Å²) in [6.07, 6.45) is 1.70. The Morgan fingerprint density at radius 2 is 2.00 bits per heavy atom. The molecule has 2 radical (unpaired) electrons. The molecule has 1 aromatic heterocycles. The molecule has 2 nitrogen and oxygen atoms in total. The van der Waals surface area contributed by atoms with E-state index in [1.165, 1.54) is 0 Å². The topological polar surface area (TPSA) is 28.7 Å². The first-order valence-corrected chi connectivity index (χ1v) is 2.85. The van der Waals surface area contributed by atoms with Gasteiger partial charge in [-0.2, -0.15) is 0 Å². The van der Waals surface area contributed by atoms with E-state index < -0.39 is 0 Å². The maximum atomic E-state index is 4.06. The Balaban J connectivity index is 0.000000500. The third kappa shape index (κ3) is 1.34. The normalized spacial score (nSPS) is 9.20. The number of imidazole rings is 1. The second-order valence-electron chi connectivity index (χ2n) is 1.92. The Morgan fingerprint density at radius 3 is 2.80 bits per heavy atom. The van der Waals surface area contributed by atoms with E-state index in [2.05, 4.69) is 9.97 Å². The Hall–Kier alpha value is -0.0503. The van der Waals surface area contributed by atoms with E-state index in [4.69, 9.17) is 0 Å². The van der Waals surface area contributed by atoms with Crippen LogP contribution in [0.1, 0.15) is 0 Å². The molecule has 0 atom stereocenters. The van der Waals surface area contributed by atoms with Crippen molar-refractivity contribution in [3.05, 3.63) is 30.6 Å². The molecular formula is C7H6CaN2. The molecule has 0 amide bonds. The number of benzene rings is 1. The zero-order valence-electron chi connectivity index (χ0n) is 5.54. The number of H-pyrrole nitrogens is 1. The van der Waals surface area contributed by atoms with Crippen LogP contribution in [0.2, 0.25) is 0 Å². The van der Waals surface area contributed by atoms with E-state index in [1.807, 2.05) is 24.3 Å². The first kappa shape index (κ1) is 8.05.